The number of hydrogen-bond acceptors (Lipinski definition) is 6. The molecule has 0 saturated carbocycles. The predicted octanol–water partition coefficient (Wildman–Crippen LogP) is 3.88. The van der Waals surface area contributed by atoms with Crippen molar-refractivity contribution in [3.8, 4) is 5.75 Å². The summed E-state index contributed by atoms with van der Waals surface area (Å²) < 4.78 is 10.8. The first-order valence-corrected chi connectivity index (χ1v) is 11.3. The Labute approximate surface area is 181 Å². The van der Waals surface area contributed by atoms with Crippen molar-refractivity contribution in [2.75, 3.05) is 31.2 Å². The van der Waals surface area contributed by atoms with Gasteiger partial charge >= 0.3 is 0 Å². The minimum Gasteiger partial charge on any atom is -0.490 e. The zero-order valence-electron chi connectivity index (χ0n) is 17.0. The summed E-state index contributed by atoms with van der Waals surface area (Å²) in [5.41, 5.74) is 3.03. The number of anilines is 1. The van der Waals surface area contributed by atoms with E-state index in [1.54, 1.807) is 0 Å². The number of piperidine rings is 1. The van der Waals surface area contributed by atoms with Crippen LogP contribution >= 0.6 is 11.8 Å². The van der Waals surface area contributed by atoms with Gasteiger partial charge in [0.1, 0.15) is 16.6 Å². The molecular formula is C23H28N2O4S. The summed E-state index contributed by atoms with van der Waals surface area (Å²) in [5.74, 6) is 0.589. The Balaban J connectivity index is 1.34. The summed E-state index contributed by atoms with van der Waals surface area (Å²) in [7, 11) is 0. The molecule has 1 amide bonds. The van der Waals surface area contributed by atoms with Gasteiger partial charge in [-0.3, -0.25) is 10.0 Å². The van der Waals surface area contributed by atoms with Crippen LogP contribution < -0.4 is 15.1 Å². The van der Waals surface area contributed by atoms with Crippen LogP contribution in [-0.2, 0) is 9.53 Å². The molecule has 0 atom stereocenters. The fraction of sp³-hybridized carbons (Fsp3) is 0.435. The van der Waals surface area contributed by atoms with Crippen molar-refractivity contribution in [2.45, 2.75) is 41.4 Å². The Morgan fingerprint density at radius 1 is 1.07 bits per heavy atom. The Morgan fingerprint density at radius 2 is 1.73 bits per heavy atom. The van der Waals surface area contributed by atoms with Crippen molar-refractivity contribution in [2.24, 2.45) is 0 Å². The largest absolute Gasteiger partial charge is 0.490 e. The summed E-state index contributed by atoms with van der Waals surface area (Å²) in [4.78, 5) is 15.7. The van der Waals surface area contributed by atoms with Crippen LogP contribution in [0.1, 0.15) is 25.7 Å². The van der Waals surface area contributed by atoms with Gasteiger partial charge in [-0.25, -0.2) is 5.48 Å². The number of carbonyl (C=O) groups excluding carboxylic acids is 1. The first-order chi connectivity index (χ1) is 14.7. The number of hydroxylamine groups is 1. The van der Waals surface area contributed by atoms with E-state index in [1.807, 2.05) is 35.8 Å². The number of amides is 1. The summed E-state index contributed by atoms with van der Waals surface area (Å²) in [5, 5.41) is 9.19. The molecule has 160 valence electrons. The molecule has 7 heteroatoms. The lowest BCUT2D eigenvalue weighted by Crippen LogP contribution is -2.46. The van der Waals surface area contributed by atoms with Gasteiger partial charge in [0.15, 0.2) is 0 Å². The first kappa shape index (κ1) is 21.0. The van der Waals surface area contributed by atoms with E-state index in [4.69, 9.17) is 9.47 Å². The van der Waals surface area contributed by atoms with Crippen LogP contribution in [0.3, 0.4) is 0 Å². The van der Waals surface area contributed by atoms with Crippen LogP contribution in [0.2, 0.25) is 0 Å². The number of nitrogens with one attached hydrogen (secondary N) is 1. The topological polar surface area (TPSA) is 71.0 Å². The summed E-state index contributed by atoms with van der Waals surface area (Å²) in [6.07, 6.45) is 3.40. The van der Waals surface area contributed by atoms with Crippen molar-refractivity contribution in [1.82, 2.24) is 5.48 Å². The molecule has 4 rings (SSSR count). The quantitative estimate of drug-likeness (QED) is 0.538. The third-order valence-electron chi connectivity index (χ3n) is 5.82. The van der Waals surface area contributed by atoms with E-state index in [0.717, 1.165) is 36.6 Å². The van der Waals surface area contributed by atoms with Crippen molar-refractivity contribution < 1.29 is 19.5 Å². The van der Waals surface area contributed by atoms with Crippen LogP contribution in [0.25, 0.3) is 0 Å². The highest BCUT2D eigenvalue weighted by atomic mass is 32.2. The molecule has 0 spiro atoms. The highest BCUT2D eigenvalue weighted by Crippen LogP contribution is 2.41. The molecular weight excluding hydrogens is 400 g/mol. The van der Waals surface area contributed by atoms with E-state index in [9.17, 15) is 10.0 Å². The maximum absolute atomic E-state index is 12.3. The Hall–Kier alpha value is -2.22. The average Bonchev–Trinajstić information content (AvgIpc) is 2.81. The number of hydrogen-bond donors (Lipinski definition) is 2. The van der Waals surface area contributed by atoms with Crippen molar-refractivity contribution in [3.05, 3.63) is 54.6 Å². The lowest BCUT2D eigenvalue weighted by molar-refractivity contribution is -0.134. The molecule has 2 saturated heterocycles. The molecule has 6 nitrogen and oxygen atoms in total. The van der Waals surface area contributed by atoms with Crippen molar-refractivity contribution >= 4 is 23.4 Å². The van der Waals surface area contributed by atoms with E-state index >= 15 is 0 Å². The van der Waals surface area contributed by atoms with E-state index < -0.39 is 4.75 Å². The highest BCUT2D eigenvalue weighted by molar-refractivity contribution is 8.01. The monoisotopic (exact) mass is 428 g/mol. The average molecular weight is 429 g/mol. The predicted molar refractivity (Wildman–Crippen MR) is 117 cm³/mol. The maximum atomic E-state index is 12.3. The van der Waals surface area contributed by atoms with Crippen molar-refractivity contribution in [3.63, 3.8) is 0 Å². The summed E-state index contributed by atoms with van der Waals surface area (Å²) in [6.45, 7) is 2.97. The molecule has 2 fully saturated rings. The highest BCUT2D eigenvalue weighted by Gasteiger charge is 2.41. The maximum Gasteiger partial charge on any atom is 0.260 e. The fourth-order valence-electron chi connectivity index (χ4n) is 4.05. The number of para-hydroxylation sites is 1. The van der Waals surface area contributed by atoms with Gasteiger partial charge in [0.25, 0.3) is 5.91 Å². The smallest absolute Gasteiger partial charge is 0.260 e. The standard InChI is InChI=1S/C23H28N2O4S/c26-22(24-27)23(12-16-28-17-13-23)30-21-8-6-18(7-9-21)25-14-10-20(11-15-25)29-19-4-2-1-3-5-19/h1-9,20,27H,10-17H2,(H,24,26). The Morgan fingerprint density at radius 3 is 2.37 bits per heavy atom. The van der Waals surface area contributed by atoms with E-state index in [2.05, 4.69) is 29.2 Å². The van der Waals surface area contributed by atoms with Crippen LogP contribution in [0.5, 0.6) is 5.75 Å². The van der Waals surface area contributed by atoms with E-state index in [-0.39, 0.29) is 12.0 Å². The van der Waals surface area contributed by atoms with Gasteiger partial charge in [0.2, 0.25) is 0 Å². The Kier molecular flexibility index (Phi) is 6.82. The van der Waals surface area contributed by atoms with Crippen molar-refractivity contribution in [1.29, 1.82) is 0 Å². The molecule has 0 radical (unpaired) electrons. The van der Waals surface area contributed by atoms with Gasteiger partial charge in [0, 0.05) is 49.7 Å². The van der Waals surface area contributed by atoms with Crippen LogP contribution in [0.4, 0.5) is 5.69 Å². The molecule has 30 heavy (non-hydrogen) atoms. The lowest BCUT2D eigenvalue weighted by atomic mass is 9.98. The van der Waals surface area contributed by atoms with Crippen LogP contribution in [-0.4, -0.2) is 48.3 Å². The zero-order chi connectivity index (χ0) is 20.8. The van der Waals surface area contributed by atoms with E-state index in [1.165, 1.54) is 17.4 Å². The van der Waals surface area contributed by atoms with Gasteiger partial charge < -0.3 is 14.4 Å². The molecule has 0 bridgehead atoms. The number of nitrogens with zero attached hydrogens (tertiary/aromatic N) is 1. The SMILES string of the molecule is O=C(NO)C1(Sc2ccc(N3CCC(Oc4ccccc4)CC3)cc2)CCOCC1. The number of carbonyl (C=O) groups is 1. The third kappa shape index (κ3) is 4.91. The number of rotatable bonds is 6. The second-order valence-electron chi connectivity index (χ2n) is 7.76. The second-order valence-corrected chi connectivity index (χ2v) is 9.22. The summed E-state index contributed by atoms with van der Waals surface area (Å²) >= 11 is 1.51. The third-order valence-corrected chi connectivity index (χ3v) is 7.31. The molecule has 0 unspecified atom stereocenters. The number of thioether (sulfide) groups is 1. The molecule has 2 N–H and O–H groups in total. The van der Waals surface area contributed by atoms with Gasteiger partial charge in [-0.05, 0) is 49.2 Å². The molecule has 2 heterocycles. The van der Waals surface area contributed by atoms with Gasteiger partial charge in [0.05, 0.1) is 0 Å². The summed E-state index contributed by atoms with van der Waals surface area (Å²) in [6, 6.07) is 18.4. The molecule has 2 aromatic carbocycles. The second kappa shape index (κ2) is 9.73. The molecule has 2 aliphatic rings. The van der Waals surface area contributed by atoms with Gasteiger partial charge in [-0.15, -0.1) is 11.8 Å². The van der Waals surface area contributed by atoms with E-state index in [0.29, 0.717) is 26.1 Å². The molecule has 0 aliphatic carbocycles. The number of ether oxygens (including phenoxy) is 2. The Bertz CT molecular complexity index is 817. The molecule has 2 aromatic rings. The first-order valence-electron chi connectivity index (χ1n) is 10.5. The molecule has 2 aliphatic heterocycles. The fourth-order valence-corrected chi connectivity index (χ4v) is 5.28. The van der Waals surface area contributed by atoms with Crippen LogP contribution in [0.15, 0.2) is 59.5 Å². The lowest BCUT2D eigenvalue weighted by Gasteiger charge is -2.35. The minimum atomic E-state index is -0.679. The number of benzene rings is 2. The van der Waals surface area contributed by atoms with Gasteiger partial charge in [-0.2, -0.15) is 0 Å². The molecule has 0 aromatic heterocycles. The minimum absolute atomic E-state index is 0.254. The van der Waals surface area contributed by atoms with Crippen LogP contribution in [0, 0.1) is 0 Å². The normalized spacial score (nSPS) is 19.3. The zero-order valence-corrected chi connectivity index (χ0v) is 17.8. The van der Waals surface area contributed by atoms with Gasteiger partial charge in [-0.1, -0.05) is 18.2 Å².